The number of hydrogen-bond donors (Lipinski definition) is 0. The van der Waals surface area contributed by atoms with Gasteiger partial charge in [-0.25, -0.2) is 8.78 Å². The van der Waals surface area contributed by atoms with E-state index in [2.05, 4.69) is 0 Å². The molecule has 90 valence electrons. The van der Waals surface area contributed by atoms with Crippen molar-refractivity contribution in [3.8, 4) is 0 Å². The fourth-order valence-electron chi connectivity index (χ4n) is 0.916. The van der Waals surface area contributed by atoms with E-state index in [0.29, 0.717) is 0 Å². The SMILES string of the molecule is CC(C)OCC(=O)N(CCCl)CC(F)F. The van der Waals surface area contributed by atoms with E-state index in [1.54, 1.807) is 13.8 Å². The molecule has 0 atom stereocenters. The van der Waals surface area contributed by atoms with Crippen LogP contribution >= 0.6 is 11.6 Å². The Morgan fingerprint density at radius 1 is 1.47 bits per heavy atom. The van der Waals surface area contributed by atoms with Crippen LogP contribution in [0.5, 0.6) is 0 Å². The lowest BCUT2D eigenvalue weighted by atomic mass is 10.4. The van der Waals surface area contributed by atoms with Crippen LogP contribution in [-0.4, -0.2) is 48.9 Å². The van der Waals surface area contributed by atoms with Gasteiger partial charge in [-0.05, 0) is 13.8 Å². The summed E-state index contributed by atoms with van der Waals surface area (Å²) in [6.07, 6.45) is -2.64. The third-order valence-corrected chi connectivity index (χ3v) is 1.77. The van der Waals surface area contributed by atoms with Gasteiger partial charge in [-0.2, -0.15) is 0 Å². The summed E-state index contributed by atoms with van der Waals surface area (Å²) in [7, 11) is 0. The predicted molar refractivity (Wildman–Crippen MR) is 54.4 cm³/mol. The highest BCUT2D eigenvalue weighted by molar-refractivity contribution is 6.18. The molecule has 0 N–H and O–H groups in total. The summed E-state index contributed by atoms with van der Waals surface area (Å²) < 4.78 is 29.2. The molecule has 0 saturated carbocycles. The third kappa shape index (κ3) is 7.50. The molecular weight excluding hydrogens is 228 g/mol. The Morgan fingerprint density at radius 2 is 2.07 bits per heavy atom. The average molecular weight is 244 g/mol. The Hall–Kier alpha value is -0.420. The molecule has 0 bridgehead atoms. The maximum atomic E-state index is 12.1. The van der Waals surface area contributed by atoms with Crippen molar-refractivity contribution in [2.45, 2.75) is 26.4 Å². The molecular formula is C9H16ClF2NO2. The lowest BCUT2D eigenvalue weighted by Crippen LogP contribution is -2.39. The maximum Gasteiger partial charge on any atom is 0.255 e. The van der Waals surface area contributed by atoms with Crippen LogP contribution in [0.1, 0.15) is 13.8 Å². The Balaban J connectivity index is 4.04. The maximum absolute atomic E-state index is 12.1. The Bertz CT molecular complexity index is 191. The zero-order valence-electron chi connectivity index (χ0n) is 8.88. The summed E-state index contributed by atoms with van der Waals surface area (Å²) in [6.45, 7) is 2.89. The van der Waals surface area contributed by atoms with Crippen LogP contribution in [0.15, 0.2) is 0 Å². The quantitative estimate of drug-likeness (QED) is 0.638. The molecule has 0 heterocycles. The number of hydrogen-bond acceptors (Lipinski definition) is 2. The lowest BCUT2D eigenvalue weighted by Gasteiger charge is -2.21. The van der Waals surface area contributed by atoms with Gasteiger partial charge in [0.15, 0.2) is 0 Å². The van der Waals surface area contributed by atoms with Gasteiger partial charge >= 0.3 is 0 Å². The first-order valence-corrected chi connectivity index (χ1v) is 5.24. The Morgan fingerprint density at radius 3 is 2.47 bits per heavy atom. The zero-order valence-corrected chi connectivity index (χ0v) is 9.64. The van der Waals surface area contributed by atoms with Gasteiger partial charge in [0.05, 0.1) is 12.6 Å². The van der Waals surface area contributed by atoms with E-state index in [1.807, 2.05) is 0 Å². The van der Waals surface area contributed by atoms with Crippen LogP contribution in [0.2, 0.25) is 0 Å². The van der Waals surface area contributed by atoms with Crippen molar-refractivity contribution in [3.63, 3.8) is 0 Å². The summed E-state index contributed by atoms with van der Waals surface area (Å²) >= 11 is 5.41. The number of halogens is 3. The number of alkyl halides is 3. The molecule has 0 aromatic heterocycles. The summed E-state index contributed by atoms with van der Waals surface area (Å²) in [5.74, 6) is -0.315. The standard InChI is InChI=1S/C9H16ClF2NO2/c1-7(2)15-6-9(14)13(4-3-10)5-8(11)12/h7-8H,3-6H2,1-2H3. The average Bonchev–Trinajstić information content (AvgIpc) is 2.12. The van der Waals surface area contributed by atoms with Crippen molar-refractivity contribution in [2.75, 3.05) is 25.6 Å². The summed E-state index contributed by atoms with van der Waals surface area (Å²) in [5.41, 5.74) is 0. The molecule has 3 nitrogen and oxygen atoms in total. The molecule has 0 unspecified atom stereocenters. The molecule has 0 rings (SSSR count). The second kappa shape index (κ2) is 7.82. The van der Waals surface area contributed by atoms with E-state index in [9.17, 15) is 13.6 Å². The number of ether oxygens (including phenoxy) is 1. The van der Waals surface area contributed by atoms with Crippen LogP contribution < -0.4 is 0 Å². The summed E-state index contributed by atoms with van der Waals surface area (Å²) in [5, 5.41) is 0. The van der Waals surface area contributed by atoms with E-state index in [0.717, 1.165) is 4.90 Å². The first-order chi connectivity index (χ1) is 6.97. The van der Waals surface area contributed by atoms with Crippen LogP contribution in [0.25, 0.3) is 0 Å². The minimum atomic E-state index is -2.55. The van der Waals surface area contributed by atoms with Gasteiger partial charge in [-0.1, -0.05) is 0 Å². The molecule has 0 radical (unpaired) electrons. The first kappa shape index (κ1) is 14.6. The molecule has 0 fully saturated rings. The molecule has 0 aliphatic heterocycles. The molecule has 0 spiro atoms. The number of rotatable bonds is 7. The van der Waals surface area contributed by atoms with Crippen LogP contribution in [0.4, 0.5) is 8.78 Å². The molecule has 0 saturated heterocycles. The summed E-state index contributed by atoms with van der Waals surface area (Å²) in [6, 6.07) is 0. The number of carbonyl (C=O) groups excluding carboxylic acids is 1. The van der Waals surface area contributed by atoms with Gasteiger partial charge < -0.3 is 9.64 Å². The van der Waals surface area contributed by atoms with E-state index in [4.69, 9.17) is 16.3 Å². The first-order valence-electron chi connectivity index (χ1n) is 4.70. The zero-order chi connectivity index (χ0) is 11.8. The van der Waals surface area contributed by atoms with Crippen LogP contribution in [0, 0.1) is 0 Å². The fraction of sp³-hybridized carbons (Fsp3) is 0.889. The third-order valence-electron chi connectivity index (χ3n) is 1.61. The van der Waals surface area contributed by atoms with Crippen LogP contribution in [-0.2, 0) is 9.53 Å². The molecule has 0 aliphatic rings. The smallest absolute Gasteiger partial charge is 0.255 e. The minimum Gasteiger partial charge on any atom is -0.369 e. The second-order valence-electron chi connectivity index (χ2n) is 3.28. The van der Waals surface area contributed by atoms with Crippen molar-refractivity contribution in [2.24, 2.45) is 0 Å². The van der Waals surface area contributed by atoms with Crippen molar-refractivity contribution in [3.05, 3.63) is 0 Å². The predicted octanol–water partition coefficient (Wildman–Crippen LogP) is 1.74. The van der Waals surface area contributed by atoms with Crippen molar-refractivity contribution in [1.29, 1.82) is 0 Å². The highest BCUT2D eigenvalue weighted by atomic mass is 35.5. The monoisotopic (exact) mass is 243 g/mol. The molecule has 15 heavy (non-hydrogen) atoms. The second-order valence-corrected chi connectivity index (χ2v) is 3.66. The Kier molecular flexibility index (Phi) is 7.60. The summed E-state index contributed by atoms with van der Waals surface area (Å²) in [4.78, 5) is 12.4. The molecule has 0 aliphatic carbocycles. The lowest BCUT2D eigenvalue weighted by molar-refractivity contribution is -0.139. The number of amides is 1. The van der Waals surface area contributed by atoms with Crippen molar-refractivity contribution < 1.29 is 18.3 Å². The van der Waals surface area contributed by atoms with Gasteiger partial charge in [0.2, 0.25) is 5.91 Å². The van der Waals surface area contributed by atoms with Crippen molar-refractivity contribution >= 4 is 17.5 Å². The van der Waals surface area contributed by atoms with Crippen LogP contribution in [0.3, 0.4) is 0 Å². The van der Waals surface area contributed by atoms with Crippen molar-refractivity contribution in [1.82, 2.24) is 4.90 Å². The van der Waals surface area contributed by atoms with Gasteiger partial charge in [-0.15, -0.1) is 11.6 Å². The normalized spacial score (nSPS) is 11.1. The number of nitrogens with zero attached hydrogens (tertiary/aromatic N) is 1. The molecule has 6 heteroatoms. The van der Waals surface area contributed by atoms with E-state index >= 15 is 0 Å². The van der Waals surface area contributed by atoms with Gasteiger partial charge in [0, 0.05) is 12.4 Å². The van der Waals surface area contributed by atoms with E-state index in [-0.39, 0.29) is 25.1 Å². The molecule has 0 aromatic rings. The highest BCUT2D eigenvalue weighted by Gasteiger charge is 2.17. The molecule has 1 amide bonds. The highest BCUT2D eigenvalue weighted by Crippen LogP contribution is 2.01. The topological polar surface area (TPSA) is 29.5 Å². The van der Waals surface area contributed by atoms with Gasteiger partial charge in [-0.3, -0.25) is 4.79 Å². The van der Waals surface area contributed by atoms with Gasteiger partial charge in [0.1, 0.15) is 6.61 Å². The van der Waals surface area contributed by atoms with Gasteiger partial charge in [0.25, 0.3) is 6.43 Å². The van der Waals surface area contributed by atoms with E-state index in [1.165, 1.54) is 0 Å². The minimum absolute atomic E-state index is 0.0987. The molecule has 0 aromatic carbocycles. The Labute approximate surface area is 93.3 Å². The fourth-order valence-corrected chi connectivity index (χ4v) is 1.12. The number of carbonyl (C=O) groups is 1. The largest absolute Gasteiger partial charge is 0.369 e. The van der Waals surface area contributed by atoms with E-state index < -0.39 is 18.9 Å².